The van der Waals surface area contributed by atoms with Gasteiger partial charge in [0, 0.05) is 23.1 Å². The Kier molecular flexibility index (Phi) is 5.66. The van der Waals surface area contributed by atoms with Crippen molar-refractivity contribution in [2.45, 2.75) is 12.5 Å². The largest absolute Gasteiger partial charge is 0.368 e. The van der Waals surface area contributed by atoms with Gasteiger partial charge in [0.1, 0.15) is 6.04 Å². The molecule has 3 N–H and O–H groups in total. The number of benzene rings is 2. The lowest BCUT2D eigenvalue weighted by atomic mass is 10.0. The Balaban J connectivity index is 2.17. The minimum absolute atomic E-state index is 0.115. The van der Waals surface area contributed by atoms with Crippen molar-refractivity contribution >= 4 is 29.1 Å². The van der Waals surface area contributed by atoms with E-state index >= 15 is 0 Å². The van der Waals surface area contributed by atoms with Gasteiger partial charge in [-0.1, -0.05) is 17.7 Å². The number of amides is 2. The van der Waals surface area contributed by atoms with Crippen molar-refractivity contribution in [2.75, 3.05) is 0 Å². The molecular formula is C16H13ClFN3O4. The summed E-state index contributed by atoms with van der Waals surface area (Å²) in [4.78, 5) is 33.7. The van der Waals surface area contributed by atoms with E-state index in [-0.39, 0.29) is 17.5 Å². The van der Waals surface area contributed by atoms with Crippen LogP contribution in [0.4, 0.5) is 10.1 Å². The molecule has 9 heteroatoms. The van der Waals surface area contributed by atoms with Crippen LogP contribution in [0.15, 0.2) is 42.5 Å². The molecule has 0 aliphatic rings. The van der Waals surface area contributed by atoms with Gasteiger partial charge in [-0.15, -0.1) is 0 Å². The van der Waals surface area contributed by atoms with Gasteiger partial charge in [0.25, 0.3) is 5.91 Å². The maximum atomic E-state index is 13.4. The molecule has 7 nitrogen and oxygen atoms in total. The van der Waals surface area contributed by atoms with Crippen LogP contribution in [0.5, 0.6) is 0 Å². The van der Waals surface area contributed by atoms with Gasteiger partial charge in [0.15, 0.2) is 0 Å². The van der Waals surface area contributed by atoms with Crippen LogP contribution >= 0.6 is 11.6 Å². The zero-order valence-electron chi connectivity index (χ0n) is 12.7. The quantitative estimate of drug-likeness (QED) is 0.603. The highest BCUT2D eigenvalue weighted by molar-refractivity contribution is 6.30. The summed E-state index contributed by atoms with van der Waals surface area (Å²) >= 11 is 5.74. The minimum Gasteiger partial charge on any atom is -0.368 e. The van der Waals surface area contributed by atoms with Crippen LogP contribution in [0.25, 0.3) is 0 Å². The number of nitro benzene ring substituents is 1. The molecule has 130 valence electrons. The summed E-state index contributed by atoms with van der Waals surface area (Å²) in [7, 11) is 0. The zero-order chi connectivity index (χ0) is 18.6. The fourth-order valence-corrected chi connectivity index (χ4v) is 2.25. The van der Waals surface area contributed by atoms with Crippen molar-refractivity contribution in [2.24, 2.45) is 5.73 Å². The highest BCUT2D eigenvalue weighted by Gasteiger charge is 2.22. The number of nitrogens with zero attached hydrogens (tertiary/aromatic N) is 1. The molecule has 0 saturated heterocycles. The standard InChI is InChI=1S/C16H13ClFN3O4/c17-11-4-2-10(3-5-11)16(23)20-13(15(19)22)7-9-1-6-12(18)14(8-9)21(24)25/h1-6,8,13H,7H2,(H2,19,22)(H,20,23)/t13-/m0/s1. The predicted molar refractivity (Wildman–Crippen MR) is 88.7 cm³/mol. The predicted octanol–water partition coefficient (Wildman–Crippen LogP) is 2.21. The fourth-order valence-electron chi connectivity index (χ4n) is 2.13. The lowest BCUT2D eigenvalue weighted by molar-refractivity contribution is -0.387. The van der Waals surface area contributed by atoms with Gasteiger partial charge in [0.2, 0.25) is 11.7 Å². The van der Waals surface area contributed by atoms with Crippen LogP contribution in [0.1, 0.15) is 15.9 Å². The third-order valence-corrected chi connectivity index (χ3v) is 3.65. The van der Waals surface area contributed by atoms with Crippen LogP contribution in [-0.2, 0) is 11.2 Å². The van der Waals surface area contributed by atoms with Gasteiger partial charge in [-0.2, -0.15) is 4.39 Å². The van der Waals surface area contributed by atoms with E-state index in [2.05, 4.69) is 5.32 Å². The average Bonchev–Trinajstić information content (AvgIpc) is 2.56. The van der Waals surface area contributed by atoms with Gasteiger partial charge >= 0.3 is 5.69 Å². The molecule has 0 fully saturated rings. The topological polar surface area (TPSA) is 115 Å². The first-order valence-corrected chi connectivity index (χ1v) is 7.44. The first kappa shape index (κ1) is 18.3. The van der Waals surface area contributed by atoms with E-state index in [0.717, 1.165) is 12.1 Å². The van der Waals surface area contributed by atoms with Crippen LogP contribution in [0.3, 0.4) is 0 Å². The van der Waals surface area contributed by atoms with E-state index in [0.29, 0.717) is 5.02 Å². The maximum absolute atomic E-state index is 13.4. The lowest BCUT2D eigenvalue weighted by Crippen LogP contribution is -2.45. The molecule has 1 atom stereocenters. The molecule has 0 radical (unpaired) electrons. The molecule has 2 aromatic carbocycles. The second kappa shape index (κ2) is 7.71. The summed E-state index contributed by atoms with van der Waals surface area (Å²) < 4.78 is 13.4. The molecular weight excluding hydrogens is 353 g/mol. The first-order chi connectivity index (χ1) is 11.8. The van der Waals surface area contributed by atoms with Crippen LogP contribution in [0.2, 0.25) is 5.02 Å². The van der Waals surface area contributed by atoms with Gasteiger partial charge < -0.3 is 11.1 Å². The second-order valence-electron chi connectivity index (χ2n) is 5.18. The third-order valence-electron chi connectivity index (χ3n) is 3.40. The number of halogens is 2. The molecule has 0 heterocycles. The number of carbonyl (C=O) groups excluding carboxylic acids is 2. The van der Waals surface area contributed by atoms with Crippen molar-refractivity contribution in [3.63, 3.8) is 0 Å². The van der Waals surface area contributed by atoms with Gasteiger partial charge in [-0.25, -0.2) is 0 Å². The Labute approximate surface area is 146 Å². The Morgan fingerprint density at radius 3 is 2.44 bits per heavy atom. The van der Waals surface area contributed by atoms with Crippen molar-refractivity contribution < 1.29 is 18.9 Å². The van der Waals surface area contributed by atoms with Crippen molar-refractivity contribution in [1.29, 1.82) is 0 Å². The molecule has 2 amide bonds. The molecule has 0 spiro atoms. The first-order valence-electron chi connectivity index (χ1n) is 7.06. The van der Waals surface area contributed by atoms with E-state index in [1.807, 2.05) is 0 Å². The number of carbonyl (C=O) groups is 2. The molecule has 0 unspecified atom stereocenters. The van der Waals surface area contributed by atoms with Gasteiger partial charge in [0.05, 0.1) is 4.92 Å². The molecule has 0 bridgehead atoms. The molecule has 0 aromatic heterocycles. The Hall–Kier alpha value is -3.00. The Morgan fingerprint density at radius 1 is 1.24 bits per heavy atom. The molecule has 25 heavy (non-hydrogen) atoms. The summed E-state index contributed by atoms with van der Waals surface area (Å²) in [6.07, 6.45) is -0.115. The lowest BCUT2D eigenvalue weighted by Gasteiger charge is -2.15. The van der Waals surface area contributed by atoms with Crippen LogP contribution < -0.4 is 11.1 Å². The fraction of sp³-hybridized carbons (Fsp3) is 0.125. The second-order valence-corrected chi connectivity index (χ2v) is 5.62. The molecule has 2 aromatic rings. The molecule has 0 saturated carbocycles. The summed E-state index contributed by atoms with van der Waals surface area (Å²) in [5.41, 5.74) is 5.11. The zero-order valence-corrected chi connectivity index (χ0v) is 13.5. The maximum Gasteiger partial charge on any atom is 0.305 e. The molecule has 2 rings (SSSR count). The van der Waals surface area contributed by atoms with Crippen LogP contribution in [-0.4, -0.2) is 22.8 Å². The Morgan fingerprint density at radius 2 is 1.88 bits per heavy atom. The smallest absolute Gasteiger partial charge is 0.305 e. The number of hydrogen-bond acceptors (Lipinski definition) is 4. The third kappa shape index (κ3) is 4.74. The number of nitrogens with one attached hydrogen (secondary N) is 1. The number of rotatable bonds is 6. The SMILES string of the molecule is NC(=O)[C@H](Cc1ccc(F)c([N+](=O)[O-])c1)NC(=O)c1ccc(Cl)cc1. The van der Waals surface area contributed by atoms with E-state index in [4.69, 9.17) is 17.3 Å². The van der Waals surface area contributed by atoms with Gasteiger partial charge in [-0.3, -0.25) is 19.7 Å². The van der Waals surface area contributed by atoms with Gasteiger partial charge in [-0.05, 0) is 35.9 Å². The average molecular weight is 366 g/mol. The van der Waals surface area contributed by atoms with E-state index in [1.54, 1.807) is 0 Å². The molecule has 0 aliphatic heterocycles. The minimum atomic E-state index is -1.12. The highest BCUT2D eigenvalue weighted by atomic mass is 35.5. The summed E-state index contributed by atoms with van der Waals surface area (Å²) in [6.45, 7) is 0. The number of nitrogens with two attached hydrogens (primary N) is 1. The monoisotopic (exact) mass is 365 g/mol. The summed E-state index contributed by atoms with van der Waals surface area (Å²) in [5, 5.41) is 13.7. The molecule has 0 aliphatic carbocycles. The van der Waals surface area contributed by atoms with Crippen LogP contribution in [0, 0.1) is 15.9 Å². The number of nitro groups is 1. The van der Waals surface area contributed by atoms with Crippen molar-refractivity contribution in [3.8, 4) is 0 Å². The number of hydrogen-bond donors (Lipinski definition) is 2. The van der Waals surface area contributed by atoms with Crippen molar-refractivity contribution in [3.05, 3.63) is 74.5 Å². The number of primary amides is 1. The Bertz CT molecular complexity index is 827. The highest BCUT2D eigenvalue weighted by Crippen LogP contribution is 2.19. The normalized spacial score (nSPS) is 11.6. The summed E-state index contributed by atoms with van der Waals surface area (Å²) in [6, 6.07) is 8.06. The summed E-state index contributed by atoms with van der Waals surface area (Å²) in [5.74, 6) is -2.37. The van der Waals surface area contributed by atoms with E-state index in [9.17, 15) is 24.1 Å². The van der Waals surface area contributed by atoms with E-state index in [1.165, 1.54) is 30.3 Å². The van der Waals surface area contributed by atoms with Crippen molar-refractivity contribution in [1.82, 2.24) is 5.32 Å². The van der Waals surface area contributed by atoms with E-state index < -0.39 is 34.3 Å².